The number of amides is 2. The van der Waals surface area contributed by atoms with Crippen molar-refractivity contribution in [3.05, 3.63) is 47.3 Å². The van der Waals surface area contributed by atoms with Crippen LogP contribution in [0.15, 0.2) is 30.3 Å². The molecule has 1 fully saturated rings. The second kappa shape index (κ2) is 10.3. The zero-order valence-corrected chi connectivity index (χ0v) is 18.2. The first-order valence-electron chi connectivity index (χ1n) is 10.7. The van der Waals surface area contributed by atoms with Crippen LogP contribution in [-0.4, -0.2) is 53.2 Å². The molecular formula is C23H32N4O3. The van der Waals surface area contributed by atoms with E-state index in [1.165, 1.54) is 0 Å². The van der Waals surface area contributed by atoms with E-state index in [-0.39, 0.29) is 17.7 Å². The fraction of sp³-hybridized carbons (Fsp3) is 0.522. The fourth-order valence-corrected chi connectivity index (χ4v) is 3.89. The van der Waals surface area contributed by atoms with Gasteiger partial charge in [-0.25, -0.2) is 0 Å². The predicted molar refractivity (Wildman–Crippen MR) is 115 cm³/mol. The second-order valence-electron chi connectivity index (χ2n) is 7.97. The SMILES string of the molecule is COc1ccc(CCN2C[C@H](C(=O)NCCCn3nc(C)cc3C)CCC2=O)cc1. The van der Waals surface area contributed by atoms with Gasteiger partial charge in [0.05, 0.1) is 18.7 Å². The number of benzene rings is 1. The first kappa shape index (κ1) is 21.9. The lowest BCUT2D eigenvalue weighted by atomic mass is 9.96. The first-order chi connectivity index (χ1) is 14.5. The van der Waals surface area contributed by atoms with Crippen LogP contribution in [0.3, 0.4) is 0 Å². The highest BCUT2D eigenvalue weighted by Crippen LogP contribution is 2.19. The van der Waals surface area contributed by atoms with Gasteiger partial charge in [0, 0.05) is 38.3 Å². The van der Waals surface area contributed by atoms with Crippen LogP contribution < -0.4 is 10.1 Å². The number of aromatic nitrogens is 2. The number of piperidine rings is 1. The Morgan fingerprint density at radius 1 is 1.23 bits per heavy atom. The van der Waals surface area contributed by atoms with E-state index < -0.39 is 0 Å². The lowest BCUT2D eigenvalue weighted by molar-refractivity contribution is -0.138. The number of aryl methyl sites for hydroxylation is 3. The number of methoxy groups -OCH3 is 1. The normalized spacial score (nSPS) is 16.6. The van der Waals surface area contributed by atoms with Crippen molar-refractivity contribution in [3.63, 3.8) is 0 Å². The van der Waals surface area contributed by atoms with Gasteiger partial charge in [-0.1, -0.05) is 12.1 Å². The van der Waals surface area contributed by atoms with Crippen molar-refractivity contribution in [1.82, 2.24) is 20.0 Å². The molecule has 1 aliphatic heterocycles. The van der Waals surface area contributed by atoms with Crippen LogP contribution in [0, 0.1) is 19.8 Å². The topological polar surface area (TPSA) is 76.5 Å². The second-order valence-corrected chi connectivity index (χ2v) is 7.97. The van der Waals surface area contributed by atoms with E-state index in [0.717, 1.165) is 42.1 Å². The van der Waals surface area contributed by atoms with Gasteiger partial charge in [0.15, 0.2) is 0 Å². The van der Waals surface area contributed by atoms with E-state index >= 15 is 0 Å². The maximum Gasteiger partial charge on any atom is 0.224 e. The minimum absolute atomic E-state index is 0.0466. The quantitative estimate of drug-likeness (QED) is 0.642. The summed E-state index contributed by atoms with van der Waals surface area (Å²) < 4.78 is 7.15. The summed E-state index contributed by atoms with van der Waals surface area (Å²) in [5, 5.41) is 7.48. The molecule has 7 heteroatoms. The van der Waals surface area contributed by atoms with Gasteiger partial charge < -0.3 is 15.0 Å². The highest BCUT2D eigenvalue weighted by molar-refractivity contribution is 5.83. The molecule has 1 aliphatic rings. The van der Waals surface area contributed by atoms with E-state index in [1.807, 2.05) is 47.7 Å². The molecule has 1 atom stereocenters. The van der Waals surface area contributed by atoms with Gasteiger partial charge in [-0.05, 0) is 56.9 Å². The Bertz CT molecular complexity index is 860. The van der Waals surface area contributed by atoms with Crippen LogP contribution in [-0.2, 0) is 22.6 Å². The third kappa shape index (κ3) is 5.84. The summed E-state index contributed by atoms with van der Waals surface area (Å²) in [5.41, 5.74) is 3.30. The van der Waals surface area contributed by atoms with Crippen LogP contribution in [0.1, 0.15) is 36.2 Å². The number of nitrogens with one attached hydrogen (secondary N) is 1. The molecule has 0 unspecified atom stereocenters. The van der Waals surface area contributed by atoms with Crippen molar-refractivity contribution in [2.45, 2.75) is 46.1 Å². The molecule has 30 heavy (non-hydrogen) atoms. The van der Waals surface area contributed by atoms with Crippen molar-refractivity contribution < 1.29 is 14.3 Å². The smallest absolute Gasteiger partial charge is 0.224 e. The van der Waals surface area contributed by atoms with Gasteiger partial charge >= 0.3 is 0 Å². The largest absolute Gasteiger partial charge is 0.497 e. The average molecular weight is 413 g/mol. The molecule has 0 saturated carbocycles. The zero-order valence-electron chi connectivity index (χ0n) is 18.2. The molecule has 2 amide bonds. The van der Waals surface area contributed by atoms with E-state index in [2.05, 4.69) is 16.5 Å². The number of carbonyl (C=O) groups is 2. The third-order valence-corrected chi connectivity index (χ3v) is 5.65. The molecule has 7 nitrogen and oxygen atoms in total. The van der Waals surface area contributed by atoms with Crippen molar-refractivity contribution in [1.29, 1.82) is 0 Å². The maximum atomic E-state index is 12.6. The van der Waals surface area contributed by atoms with Crippen LogP contribution in [0.5, 0.6) is 5.75 Å². The van der Waals surface area contributed by atoms with Crippen LogP contribution in [0.4, 0.5) is 0 Å². The van der Waals surface area contributed by atoms with E-state index in [1.54, 1.807) is 7.11 Å². The van der Waals surface area contributed by atoms with Crippen molar-refractivity contribution in [2.24, 2.45) is 5.92 Å². The van der Waals surface area contributed by atoms with Crippen LogP contribution >= 0.6 is 0 Å². The highest BCUT2D eigenvalue weighted by atomic mass is 16.5. The predicted octanol–water partition coefficient (Wildman–Crippen LogP) is 2.50. The van der Waals surface area contributed by atoms with Gasteiger partial charge in [-0.15, -0.1) is 0 Å². The zero-order chi connectivity index (χ0) is 21.5. The summed E-state index contributed by atoms with van der Waals surface area (Å²) >= 11 is 0. The average Bonchev–Trinajstić information content (AvgIpc) is 3.07. The molecule has 1 aromatic heterocycles. The lowest BCUT2D eigenvalue weighted by Crippen LogP contribution is -2.46. The molecule has 2 heterocycles. The summed E-state index contributed by atoms with van der Waals surface area (Å²) in [4.78, 5) is 26.7. The van der Waals surface area contributed by atoms with Gasteiger partial charge in [-0.2, -0.15) is 5.10 Å². The minimum atomic E-state index is -0.132. The summed E-state index contributed by atoms with van der Waals surface area (Å²) in [7, 11) is 1.64. The Kier molecular flexibility index (Phi) is 7.49. The summed E-state index contributed by atoms with van der Waals surface area (Å²) in [5.74, 6) is 0.872. The molecule has 0 radical (unpaired) electrons. The Hall–Kier alpha value is -2.83. The minimum Gasteiger partial charge on any atom is -0.497 e. The molecule has 3 rings (SSSR count). The van der Waals surface area contributed by atoms with Crippen molar-refractivity contribution in [3.8, 4) is 5.75 Å². The maximum absolute atomic E-state index is 12.6. The van der Waals surface area contributed by atoms with E-state index in [4.69, 9.17) is 4.74 Å². The van der Waals surface area contributed by atoms with Gasteiger partial charge in [0.2, 0.25) is 11.8 Å². The summed E-state index contributed by atoms with van der Waals surface area (Å²) in [6, 6.07) is 9.93. The molecule has 0 aliphatic carbocycles. The number of ether oxygens (including phenoxy) is 1. The Morgan fingerprint density at radius 3 is 2.67 bits per heavy atom. The number of nitrogens with zero attached hydrogens (tertiary/aromatic N) is 3. The molecular weight excluding hydrogens is 380 g/mol. The Morgan fingerprint density at radius 2 is 2.00 bits per heavy atom. The number of hydrogen-bond donors (Lipinski definition) is 1. The third-order valence-electron chi connectivity index (χ3n) is 5.65. The number of rotatable bonds is 9. The van der Waals surface area contributed by atoms with E-state index in [9.17, 15) is 9.59 Å². The molecule has 1 aromatic carbocycles. The van der Waals surface area contributed by atoms with Crippen molar-refractivity contribution in [2.75, 3.05) is 26.7 Å². The van der Waals surface area contributed by atoms with Crippen LogP contribution in [0.25, 0.3) is 0 Å². The number of likely N-dealkylation sites (tertiary alicyclic amines) is 1. The Balaban J connectivity index is 1.42. The lowest BCUT2D eigenvalue weighted by Gasteiger charge is -2.32. The molecule has 162 valence electrons. The first-order valence-corrected chi connectivity index (χ1v) is 10.7. The van der Waals surface area contributed by atoms with Gasteiger partial charge in [-0.3, -0.25) is 14.3 Å². The standard InChI is InChI=1S/C23H32N4O3/c1-17-15-18(2)27(25-17)13-4-12-24-23(29)20-7-10-22(28)26(16-20)14-11-19-5-8-21(30-3)9-6-19/h5-6,8-9,15,20H,4,7,10-14,16H2,1-3H3,(H,24,29)/t20-/m1/s1. The molecule has 2 aromatic rings. The van der Waals surface area contributed by atoms with Gasteiger partial charge in [0.1, 0.15) is 5.75 Å². The molecule has 0 bridgehead atoms. The summed E-state index contributed by atoms with van der Waals surface area (Å²) in [6.07, 6.45) is 2.67. The molecule has 0 spiro atoms. The number of carbonyl (C=O) groups excluding carboxylic acids is 2. The molecule has 1 N–H and O–H groups in total. The Labute approximate surface area is 178 Å². The van der Waals surface area contributed by atoms with Crippen LogP contribution in [0.2, 0.25) is 0 Å². The van der Waals surface area contributed by atoms with E-state index in [0.29, 0.717) is 32.5 Å². The summed E-state index contributed by atoms with van der Waals surface area (Å²) in [6.45, 7) is 6.56. The fourth-order valence-electron chi connectivity index (χ4n) is 3.89. The molecule has 1 saturated heterocycles. The monoisotopic (exact) mass is 412 g/mol. The van der Waals surface area contributed by atoms with Gasteiger partial charge in [0.25, 0.3) is 0 Å². The highest BCUT2D eigenvalue weighted by Gasteiger charge is 2.29. The number of hydrogen-bond acceptors (Lipinski definition) is 4. The van der Waals surface area contributed by atoms with Crippen molar-refractivity contribution >= 4 is 11.8 Å².